The highest BCUT2D eigenvalue weighted by atomic mass is 35.5. The second-order valence-electron chi connectivity index (χ2n) is 16.2. The van der Waals surface area contributed by atoms with E-state index in [4.69, 9.17) is 25.8 Å². The van der Waals surface area contributed by atoms with Gasteiger partial charge in [-0.15, -0.1) is 4.36 Å². The minimum atomic E-state index is -3.57. The zero-order valence-electron chi connectivity index (χ0n) is 31.0. The summed E-state index contributed by atoms with van der Waals surface area (Å²) in [6.07, 6.45) is 10.5. The SMILES string of the molecule is COC(=O)C1(C)CC(NC(=O)NS2(=O)=NC(=O)c3ccc4c(c3)N(C[C@@H]3CC[C@H]3[C@@H](OC)/C=C\C[C@H](C)C2)C[C@@]2(CCCc3cc(Cl)ccc32)CO4)C1. The highest BCUT2D eigenvalue weighted by Gasteiger charge is 2.48. The molecule has 11 nitrogen and oxygen atoms in total. The zero-order valence-corrected chi connectivity index (χ0v) is 32.6. The molecule has 2 saturated carbocycles. The number of ether oxygens (including phenoxy) is 3. The van der Waals surface area contributed by atoms with Crippen molar-refractivity contribution < 1.29 is 32.8 Å². The minimum absolute atomic E-state index is 0.0309. The lowest BCUT2D eigenvalue weighted by atomic mass is 9.67. The molecule has 5 aliphatic rings. The summed E-state index contributed by atoms with van der Waals surface area (Å²) < 4.78 is 38.9. The van der Waals surface area contributed by atoms with Gasteiger partial charge in [0.1, 0.15) is 15.7 Å². The third kappa shape index (κ3) is 7.69. The first-order valence-electron chi connectivity index (χ1n) is 18.8. The molecular formula is C40H51ClN4O7S. The number of anilines is 1. The number of rotatable bonds is 4. The van der Waals surface area contributed by atoms with E-state index in [0.29, 0.717) is 50.0 Å². The first-order valence-corrected chi connectivity index (χ1v) is 20.8. The summed E-state index contributed by atoms with van der Waals surface area (Å²) in [7, 11) is -0.477. The molecule has 1 unspecified atom stereocenters. The summed E-state index contributed by atoms with van der Waals surface area (Å²) in [6.45, 7) is 5.67. The number of esters is 1. The van der Waals surface area contributed by atoms with Crippen molar-refractivity contribution in [2.24, 2.45) is 27.5 Å². The van der Waals surface area contributed by atoms with Crippen molar-refractivity contribution in [2.75, 3.05) is 44.6 Å². The van der Waals surface area contributed by atoms with Gasteiger partial charge in [0.15, 0.2) is 0 Å². The maximum absolute atomic E-state index is 14.5. The van der Waals surface area contributed by atoms with Gasteiger partial charge in [0, 0.05) is 42.2 Å². The Kier molecular flexibility index (Phi) is 10.6. The molecule has 2 heterocycles. The van der Waals surface area contributed by atoms with Gasteiger partial charge in [-0.2, -0.15) is 0 Å². The minimum Gasteiger partial charge on any atom is -0.490 e. The van der Waals surface area contributed by atoms with Gasteiger partial charge in [0.2, 0.25) is 0 Å². The molecule has 53 heavy (non-hydrogen) atoms. The van der Waals surface area contributed by atoms with Crippen LogP contribution in [0.3, 0.4) is 0 Å². The smallest absolute Gasteiger partial charge is 0.327 e. The zero-order chi connectivity index (χ0) is 37.5. The Balaban J connectivity index is 1.23. The maximum atomic E-state index is 14.5. The largest absolute Gasteiger partial charge is 0.490 e. The van der Waals surface area contributed by atoms with Gasteiger partial charge in [-0.1, -0.05) is 36.7 Å². The van der Waals surface area contributed by atoms with Crippen LogP contribution in [-0.2, 0) is 36.0 Å². The lowest BCUT2D eigenvalue weighted by Crippen LogP contribution is -2.56. The second-order valence-corrected chi connectivity index (χ2v) is 18.6. The van der Waals surface area contributed by atoms with E-state index in [1.165, 1.54) is 18.2 Å². The number of benzene rings is 2. The molecule has 1 spiro atoms. The van der Waals surface area contributed by atoms with Gasteiger partial charge >= 0.3 is 12.0 Å². The van der Waals surface area contributed by atoms with Gasteiger partial charge in [-0.05, 0) is 118 Å². The molecule has 0 radical (unpaired) electrons. The number of hydrogen-bond donors (Lipinski definition) is 2. The molecule has 0 aromatic heterocycles. The van der Waals surface area contributed by atoms with Crippen LogP contribution in [0.1, 0.15) is 80.3 Å². The predicted molar refractivity (Wildman–Crippen MR) is 205 cm³/mol. The molecule has 3 amide bonds. The Morgan fingerprint density at radius 3 is 2.68 bits per heavy atom. The van der Waals surface area contributed by atoms with E-state index in [9.17, 15) is 18.6 Å². The highest BCUT2D eigenvalue weighted by molar-refractivity contribution is 7.92. The normalized spacial score (nSPS) is 34.4. The Morgan fingerprint density at radius 2 is 1.94 bits per heavy atom. The summed E-state index contributed by atoms with van der Waals surface area (Å²) >= 11 is 6.46. The Morgan fingerprint density at radius 1 is 1.13 bits per heavy atom. The molecule has 2 N–H and O–H groups in total. The van der Waals surface area contributed by atoms with Crippen molar-refractivity contribution in [3.8, 4) is 5.75 Å². The quantitative estimate of drug-likeness (QED) is 0.262. The van der Waals surface area contributed by atoms with Crippen molar-refractivity contribution in [1.29, 1.82) is 0 Å². The number of fused-ring (bicyclic) bond motifs is 4. The van der Waals surface area contributed by atoms with Crippen molar-refractivity contribution in [1.82, 2.24) is 10.0 Å². The molecule has 6 atom stereocenters. The van der Waals surface area contributed by atoms with Crippen LogP contribution in [0.15, 0.2) is 52.9 Å². The van der Waals surface area contributed by atoms with Crippen LogP contribution in [0.2, 0.25) is 5.02 Å². The van der Waals surface area contributed by atoms with Crippen LogP contribution in [0.25, 0.3) is 0 Å². The van der Waals surface area contributed by atoms with E-state index in [1.807, 2.05) is 25.1 Å². The fraction of sp³-hybridized carbons (Fsp3) is 0.575. The number of carbonyl (C=O) groups is 3. The third-order valence-electron chi connectivity index (χ3n) is 12.2. The number of methoxy groups -OCH3 is 2. The second kappa shape index (κ2) is 14.9. The standard InChI is InChI=1S/C40H51ClN4O7S/c1-25-7-5-9-34(50-3)31-13-10-28(31)21-45-23-40(16-6-8-26-17-29(41)12-14-32(26)40)24-52-35-15-11-27(18-33(35)45)36(46)43-53(49,22-25)44-38(48)42-30-19-39(2,20-30)37(47)51-4/h5,9,11-12,14-15,17-18,25,28,30-31,34H,6-8,10,13,16,19-24H2,1-4H3,(H2,42,43,44,46,48,49)/b9-5-/t25-,28-,30?,31+,34-,39?,40-,53?/m0/s1. The van der Waals surface area contributed by atoms with Crippen molar-refractivity contribution in [3.63, 3.8) is 0 Å². The lowest BCUT2D eigenvalue weighted by molar-refractivity contribution is -0.158. The summed E-state index contributed by atoms with van der Waals surface area (Å²) in [5.41, 5.74) is 2.62. The highest BCUT2D eigenvalue weighted by Crippen LogP contribution is 2.47. The topological polar surface area (TPSA) is 136 Å². The number of urea groups is 1. The lowest BCUT2D eigenvalue weighted by Gasteiger charge is -2.46. The number of halogens is 1. The van der Waals surface area contributed by atoms with Gasteiger partial charge < -0.3 is 24.4 Å². The molecule has 13 heteroatoms. The number of nitrogens with one attached hydrogen (secondary N) is 2. The summed E-state index contributed by atoms with van der Waals surface area (Å²) in [5, 5.41) is 3.54. The van der Waals surface area contributed by atoms with Crippen molar-refractivity contribution in [2.45, 2.75) is 82.8 Å². The number of aryl methyl sites for hydroxylation is 1. The third-order valence-corrected chi connectivity index (χ3v) is 14.4. The van der Waals surface area contributed by atoms with Crippen molar-refractivity contribution in [3.05, 3.63) is 70.3 Å². The van der Waals surface area contributed by atoms with Crippen LogP contribution in [0.5, 0.6) is 5.75 Å². The fourth-order valence-electron chi connectivity index (χ4n) is 9.27. The summed E-state index contributed by atoms with van der Waals surface area (Å²) in [4.78, 5) is 41.8. The molecule has 286 valence electrons. The molecule has 3 aliphatic carbocycles. The average Bonchev–Trinajstić information content (AvgIpc) is 3.24. The molecule has 2 bridgehead atoms. The number of hydrogen-bond acceptors (Lipinski definition) is 8. The number of nitrogens with zero attached hydrogens (tertiary/aromatic N) is 2. The van der Waals surface area contributed by atoms with Crippen LogP contribution < -0.4 is 19.7 Å². The van der Waals surface area contributed by atoms with E-state index >= 15 is 0 Å². The fourth-order valence-corrected chi connectivity index (χ4v) is 11.3. The number of allylic oxidation sites excluding steroid dienone is 1. The van der Waals surface area contributed by atoms with Gasteiger partial charge in [0.05, 0.1) is 36.7 Å². The molecular weight excluding hydrogens is 716 g/mol. The molecule has 7 rings (SSSR count). The Labute approximate surface area is 317 Å². The van der Waals surface area contributed by atoms with Crippen LogP contribution in [0.4, 0.5) is 10.5 Å². The molecule has 0 saturated heterocycles. The van der Waals surface area contributed by atoms with Crippen molar-refractivity contribution >= 4 is 45.1 Å². The van der Waals surface area contributed by atoms with Crippen LogP contribution in [0, 0.1) is 23.2 Å². The van der Waals surface area contributed by atoms with E-state index in [2.05, 4.69) is 43.6 Å². The number of carbonyl (C=O) groups excluding carboxylic acids is 3. The predicted octanol–water partition coefficient (Wildman–Crippen LogP) is 6.61. The van der Waals surface area contributed by atoms with Gasteiger partial charge in [0.25, 0.3) is 5.91 Å². The number of amides is 3. The first-order chi connectivity index (χ1) is 25.3. The van der Waals surface area contributed by atoms with Gasteiger partial charge in [-0.3, -0.25) is 14.3 Å². The van der Waals surface area contributed by atoms with E-state index < -0.39 is 27.3 Å². The Bertz CT molecular complexity index is 1920. The average molecular weight is 767 g/mol. The first kappa shape index (κ1) is 37.7. The van der Waals surface area contributed by atoms with Gasteiger partial charge in [-0.25, -0.2) is 9.00 Å². The summed E-state index contributed by atoms with van der Waals surface area (Å²) in [6, 6.07) is 10.5. The van der Waals surface area contributed by atoms with Crippen LogP contribution >= 0.6 is 11.6 Å². The van der Waals surface area contributed by atoms with E-state index in [1.54, 1.807) is 20.1 Å². The monoisotopic (exact) mass is 766 g/mol. The Hall–Kier alpha value is -3.61. The molecule has 2 aromatic carbocycles. The molecule has 2 aliphatic heterocycles. The van der Waals surface area contributed by atoms with E-state index in [-0.39, 0.29) is 40.8 Å². The maximum Gasteiger partial charge on any atom is 0.327 e. The van der Waals surface area contributed by atoms with E-state index in [0.717, 1.165) is 49.4 Å². The summed E-state index contributed by atoms with van der Waals surface area (Å²) in [5.74, 6) is 0.166. The van der Waals surface area contributed by atoms with Crippen LogP contribution in [-0.4, -0.2) is 73.9 Å². The molecule has 2 fully saturated rings. The molecule has 2 aromatic rings.